The van der Waals surface area contributed by atoms with Crippen LogP contribution in [-0.4, -0.2) is 23.8 Å². The molecule has 3 rings (SSSR count). The van der Waals surface area contributed by atoms with Crippen molar-refractivity contribution in [3.05, 3.63) is 71.8 Å². The highest BCUT2D eigenvalue weighted by Gasteiger charge is 2.31. The molecule has 110 valence electrons. The van der Waals surface area contributed by atoms with E-state index in [1.807, 2.05) is 54.6 Å². The number of carbonyl (C=O) groups excluding carboxylic acids is 2. The highest BCUT2D eigenvalue weighted by molar-refractivity contribution is 6.33. The fourth-order valence-corrected chi connectivity index (χ4v) is 2.40. The smallest absolute Gasteiger partial charge is 0.261 e. The molecule has 22 heavy (non-hydrogen) atoms. The Bertz CT molecular complexity index is 733. The van der Waals surface area contributed by atoms with Crippen molar-refractivity contribution in [3.8, 4) is 5.75 Å². The first kappa shape index (κ1) is 14.1. The molecule has 0 atom stereocenters. The van der Waals surface area contributed by atoms with Crippen molar-refractivity contribution in [2.45, 2.75) is 6.54 Å². The van der Waals surface area contributed by atoms with Crippen LogP contribution in [0.3, 0.4) is 0 Å². The fraction of sp³-hybridized carbons (Fsp3) is 0.111. The predicted molar refractivity (Wildman–Crippen MR) is 83.0 cm³/mol. The molecule has 2 amide bonds. The zero-order chi connectivity index (χ0) is 15.5. The van der Waals surface area contributed by atoms with Crippen LogP contribution in [0.15, 0.2) is 60.7 Å². The molecule has 0 fully saturated rings. The Morgan fingerprint density at radius 3 is 2.27 bits per heavy atom. The van der Waals surface area contributed by atoms with E-state index in [-0.39, 0.29) is 18.4 Å². The van der Waals surface area contributed by atoms with Crippen LogP contribution in [0, 0.1) is 0 Å². The van der Waals surface area contributed by atoms with Gasteiger partial charge in [-0.1, -0.05) is 42.5 Å². The third-order valence-corrected chi connectivity index (χ3v) is 3.59. The van der Waals surface area contributed by atoms with Gasteiger partial charge in [-0.3, -0.25) is 14.5 Å². The van der Waals surface area contributed by atoms with E-state index in [2.05, 4.69) is 0 Å². The first-order valence-electron chi connectivity index (χ1n) is 6.95. The maximum atomic E-state index is 12.5. The molecule has 2 aromatic carbocycles. The second kappa shape index (κ2) is 5.85. The lowest BCUT2D eigenvalue weighted by molar-refractivity contribution is -0.137. The highest BCUT2D eigenvalue weighted by Crippen LogP contribution is 2.25. The van der Waals surface area contributed by atoms with Gasteiger partial charge in [0.05, 0.1) is 19.2 Å². The quantitative estimate of drug-likeness (QED) is 0.814. The zero-order valence-electron chi connectivity index (χ0n) is 12.2. The van der Waals surface area contributed by atoms with Gasteiger partial charge in [0, 0.05) is 6.08 Å². The summed E-state index contributed by atoms with van der Waals surface area (Å²) in [5, 5.41) is 0. The predicted octanol–water partition coefficient (Wildman–Crippen LogP) is 2.65. The topological polar surface area (TPSA) is 46.6 Å². The van der Waals surface area contributed by atoms with E-state index in [9.17, 15) is 9.59 Å². The van der Waals surface area contributed by atoms with Crippen molar-refractivity contribution in [1.29, 1.82) is 0 Å². The van der Waals surface area contributed by atoms with E-state index < -0.39 is 0 Å². The molecule has 0 saturated carbocycles. The Labute approximate surface area is 128 Å². The number of benzene rings is 2. The van der Waals surface area contributed by atoms with Gasteiger partial charge in [-0.25, -0.2) is 0 Å². The molecule has 0 aromatic heterocycles. The minimum atomic E-state index is -0.278. The molecule has 0 spiro atoms. The molecular formula is C18H15NO3. The van der Waals surface area contributed by atoms with Crippen molar-refractivity contribution in [3.63, 3.8) is 0 Å². The van der Waals surface area contributed by atoms with Crippen LogP contribution in [0.2, 0.25) is 0 Å². The number of ether oxygens (including phenoxy) is 1. The molecule has 1 aliphatic heterocycles. The lowest BCUT2D eigenvalue weighted by Crippen LogP contribution is -2.30. The van der Waals surface area contributed by atoms with E-state index >= 15 is 0 Å². The standard InChI is InChI=1S/C18H15NO3/c1-22-15-9-7-13(8-10-15)12-19-17(20)11-16(18(19)21)14-5-3-2-4-6-14/h2-11H,12H2,1H3. The largest absolute Gasteiger partial charge is 0.497 e. The van der Waals surface area contributed by atoms with Crippen molar-refractivity contribution >= 4 is 17.4 Å². The van der Waals surface area contributed by atoms with Crippen LogP contribution >= 0.6 is 0 Å². The van der Waals surface area contributed by atoms with Crippen LogP contribution < -0.4 is 4.74 Å². The van der Waals surface area contributed by atoms with Crippen molar-refractivity contribution < 1.29 is 14.3 Å². The number of carbonyl (C=O) groups is 2. The third kappa shape index (κ3) is 2.63. The first-order chi connectivity index (χ1) is 10.7. The molecule has 1 heterocycles. The number of imide groups is 1. The number of methoxy groups -OCH3 is 1. The monoisotopic (exact) mass is 293 g/mol. The van der Waals surface area contributed by atoms with E-state index in [1.54, 1.807) is 7.11 Å². The van der Waals surface area contributed by atoms with Gasteiger partial charge in [0.15, 0.2) is 0 Å². The SMILES string of the molecule is COc1ccc(CN2C(=O)C=C(c3ccccc3)C2=O)cc1. The summed E-state index contributed by atoms with van der Waals surface area (Å²) in [5.41, 5.74) is 2.09. The van der Waals surface area contributed by atoms with Crippen molar-refractivity contribution in [1.82, 2.24) is 4.90 Å². The average molecular weight is 293 g/mol. The van der Waals surface area contributed by atoms with E-state index in [0.29, 0.717) is 5.57 Å². The van der Waals surface area contributed by atoms with Crippen LogP contribution in [0.1, 0.15) is 11.1 Å². The molecule has 0 N–H and O–H groups in total. The summed E-state index contributed by atoms with van der Waals surface area (Å²) >= 11 is 0. The van der Waals surface area contributed by atoms with E-state index in [1.165, 1.54) is 11.0 Å². The molecule has 4 heteroatoms. The molecule has 4 nitrogen and oxygen atoms in total. The summed E-state index contributed by atoms with van der Waals surface area (Å²) < 4.78 is 5.10. The van der Waals surface area contributed by atoms with Gasteiger partial charge in [0.2, 0.25) is 0 Å². The zero-order valence-corrected chi connectivity index (χ0v) is 12.2. The molecule has 0 unspecified atom stereocenters. The number of hydrogen-bond acceptors (Lipinski definition) is 3. The lowest BCUT2D eigenvalue weighted by atomic mass is 10.1. The summed E-state index contributed by atoms with van der Waals surface area (Å²) in [4.78, 5) is 25.8. The Morgan fingerprint density at radius 2 is 1.64 bits per heavy atom. The Morgan fingerprint density at radius 1 is 0.955 bits per heavy atom. The van der Waals surface area contributed by atoms with Crippen LogP contribution in [0.4, 0.5) is 0 Å². The maximum Gasteiger partial charge on any atom is 0.261 e. The molecule has 1 aliphatic rings. The van der Waals surface area contributed by atoms with Crippen molar-refractivity contribution in [2.24, 2.45) is 0 Å². The summed E-state index contributed by atoms with van der Waals surface area (Å²) in [6.07, 6.45) is 1.40. The summed E-state index contributed by atoms with van der Waals surface area (Å²) in [5.74, 6) is 0.206. The van der Waals surface area contributed by atoms with Gasteiger partial charge in [-0.15, -0.1) is 0 Å². The molecule has 2 aromatic rings. The first-order valence-corrected chi connectivity index (χ1v) is 6.95. The Kier molecular flexibility index (Phi) is 3.74. The number of hydrogen-bond donors (Lipinski definition) is 0. The second-order valence-electron chi connectivity index (χ2n) is 5.00. The number of nitrogens with zero attached hydrogens (tertiary/aromatic N) is 1. The van der Waals surface area contributed by atoms with Crippen LogP contribution in [-0.2, 0) is 16.1 Å². The minimum absolute atomic E-state index is 0.257. The third-order valence-electron chi connectivity index (χ3n) is 3.59. The number of amides is 2. The van der Waals surface area contributed by atoms with E-state index in [0.717, 1.165) is 16.9 Å². The number of rotatable bonds is 4. The van der Waals surface area contributed by atoms with E-state index in [4.69, 9.17) is 4.74 Å². The lowest BCUT2D eigenvalue weighted by Gasteiger charge is -2.15. The summed E-state index contributed by atoms with van der Waals surface area (Å²) in [6.45, 7) is 0.258. The van der Waals surface area contributed by atoms with Crippen molar-refractivity contribution in [2.75, 3.05) is 7.11 Å². The van der Waals surface area contributed by atoms with Gasteiger partial charge < -0.3 is 4.74 Å². The highest BCUT2D eigenvalue weighted by atomic mass is 16.5. The summed E-state index contributed by atoms with van der Waals surface area (Å²) in [7, 11) is 1.60. The molecule has 0 bridgehead atoms. The Balaban J connectivity index is 1.79. The molecule has 0 radical (unpaired) electrons. The normalized spacial score (nSPS) is 14.2. The van der Waals surface area contributed by atoms with Crippen LogP contribution in [0.5, 0.6) is 5.75 Å². The minimum Gasteiger partial charge on any atom is -0.497 e. The van der Waals surface area contributed by atoms with Gasteiger partial charge in [-0.2, -0.15) is 0 Å². The van der Waals surface area contributed by atoms with Gasteiger partial charge in [0.25, 0.3) is 11.8 Å². The molecular weight excluding hydrogens is 278 g/mol. The van der Waals surface area contributed by atoms with Gasteiger partial charge >= 0.3 is 0 Å². The van der Waals surface area contributed by atoms with Gasteiger partial charge in [-0.05, 0) is 23.3 Å². The molecule has 0 aliphatic carbocycles. The maximum absolute atomic E-state index is 12.5. The summed E-state index contributed by atoms with van der Waals surface area (Å²) in [6, 6.07) is 16.5. The molecule has 0 saturated heterocycles. The fourth-order valence-electron chi connectivity index (χ4n) is 2.40. The Hall–Kier alpha value is -2.88. The van der Waals surface area contributed by atoms with Gasteiger partial charge in [0.1, 0.15) is 5.75 Å². The second-order valence-corrected chi connectivity index (χ2v) is 5.00. The average Bonchev–Trinajstić information content (AvgIpc) is 2.84. The van der Waals surface area contributed by atoms with Crippen LogP contribution in [0.25, 0.3) is 5.57 Å².